The second-order valence-electron chi connectivity index (χ2n) is 3.98. The number of carbonyl (C=O) groups is 1. The van der Waals surface area contributed by atoms with Gasteiger partial charge in [0.15, 0.2) is 0 Å². The quantitative estimate of drug-likeness (QED) is 0.898. The van der Waals surface area contributed by atoms with Crippen LogP contribution in [-0.4, -0.2) is 11.1 Å². The molecule has 2 rings (SSSR count). The Hall–Kier alpha value is -2.01. The average molecular weight is 284 g/mol. The van der Waals surface area contributed by atoms with E-state index in [0.29, 0.717) is 18.0 Å². The summed E-state index contributed by atoms with van der Waals surface area (Å²) >= 11 is 5.66. The van der Waals surface area contributed by atoms with E-state index < -0.39 is 11.8 Å². The molecular formula is C13H11ClFNO3. The molecule has 4 nitrogen and oxygen atoms in total. The number of carboxylic acids is 1. The van der Waals surface area contributed by atoms with E-state index in [1.807, 2.05) is 0 Å². The fourth-order valence-electron chi connectivity index (χ4n) is 1.60. The molecule has 0 saturated carbocycles. The average Bonchev–Trinajstić information content (AvgIpc) is 2.73. The van der Waals surface area contributed by atoms with Gasteiger partial charge in [-0.25, -0.2) is 9.18 Å². The molecular weight excluding hydrogens is 273 g/mol. The normalized spacial score (nSPS) is 10.5. The molecule has 0 aliphatic carbocycles. The Morgan fingerprint density at radius 3 is 2.79 bits per heavy atom. The van der Waals surface area contributed by atoms with Crippen molar-refractivity contribution in [1.29, 1.82) is 0 Å². The SMILES string of the molecule is Cc1oc(C(=O)O)cc1CNc1ccc(F)c(Cl)c1. The van der Waals surface area contributed by atoms with Gasteiger partial charge in [0.25, 0.3) is 0 Å². The van der Waals surface area contributed by atoms with Gasteiger partial charge >= 0.3 is 5.97 Å². The highest BCUT2D eigenvalue weighted by Crippen LogP contribution is 2.21. The van der Waals surface area contributed by atoms with Crippen molar-refractivity contribution in [1.82, 2.24) is 0 Å². The number of hydrogen-bond acceptors (Lipinski definition) is 3. The molecule has 6 heteroatoms. The zero-order valence-corrected chi connectivity index (χ0v) is 10.8. The molecule has 2 aromatic rings. The molecule has 0 unspecified atom stereocenters. The number of nitrogens with one attached hydrogen (secondary N) is 1. The summed E-state index contributed by atoms with van der Waals surface area (Å²) in [6.07, 6.45) is 0. The van der Waals surface area contributed by atoms with Gasteiger partial charge in [-0.2, -0.15) is 0 Å². The van der Waals surface area contributed by atoms with E-state index >= 15 is 0 Å². The van der Waals surface area contributed by atoms with E-state index in [9.17, 15) is 9.18 Å². The molecule has 1 aromatic carbocycles. The lowest BCUT2D eigenvalue weighted by Crippen LogP contribution is -2.00. The summed E-state index contributed by atoms with van der Waals surface area (Å²) in [5, 5.41) is 11.8. The van der Waals surface area contributed by atoms with Gasteiger partial charge in [0.2, 0.25) is 5.76 Å². The van der Waals surface area contributed by atoms with Crippen LogP contribution in [0.25, 0.3) is 0 Å². The van der Waals surface area contributed by atoms with Gasteiger partial charge < -0.3 is 14.8 Å². The molecule has 0 aliphatic heterocycles. The van der Waals surface area contributed by atoms with Gasteiger partial charge in [0, 0.05) is 17.8 Å². The largest absolute Gasteiger partial charge is 0.475 e. The summed E-state index contributed by atoms with van der Waals surface area (Å²) in [5.41, 5.74) is 1.36. The lowest BCUT2D eigenvalue weighted by atomic mass is 10.2. The van der Waals surface area contributed by atoms with Crippen molar-refractivity contribution in [3.05, 3.63) is 52.2 Å². The molecule has 0 fully saturated rings. The molecule has 0 aliphatic rings. The van der Waals surface area contributed by atoms with E-state index in [4.69, 9.17) is 21.1 Å². The van der Waals surface area contributed by atoms with Crippen LogP contribution in [-0.2, 0) is 6.54 Å². The first kappa shape index (κ1) is 13.4. The van der Waals surface area contributed by atoms with Crippen LogP contribution in [0.3, 0.4) is 0 Å². The van der Waals surface area contributed by atoms with E-state index in [0.717, 1.165) is 5.56 Å². The molecule has 100 valence electrons. The summed E-state index contributed by atoms with van der Waals surface area (Å²) in [7, 11) is 0. The minimum Gasteiger partial charge on any atom is -0.475 e. The maximum atomic E-state index is 13.0. The second-order valence-corrected chi connectivity index (χ2v) is 4.39. The van der Waals surface area contributed by atoms with Crippen LogP contribution in [0.5, 0.6) is 0 Å². The third-order valence-corrected chi connectivity index (χ3v) is 2.92. The van der Waals surface area contributed by atoms with E-state index in [2.05, 4.69) is 5.32 Å². The molecule has 0 bridgehead atoms. The molecule has 0 amide bonds. The summed E-state index contributed by atoms with van der Waals surface area (Å²) in [6.45, 7) is 2.05. The van der Waals surface area contributed by atoms with Crippen LogP contribution >= 0.6 is 11.6 Å². The number of aryl methyl sites for hydroxylation is 1. The summed E-state index contributed by atoms with van der Waals surface area (Å²) < 4.78 is 18.1. The lowest BCUT2D eigenvalue weighted by molar-refractivity contribution is 0.0661. The smallest absolute Gasteiger partial charge is 0.371 e. The Bertz CT molecular complexity index is 624. The monoisotopic (exact) mass is 283 g/mol. The van der Waals surface area contributed by atoms with Crippen LogP contribution < -0.4 is 5.32 Å². The molecule has 19 heavy (non-hydrogen) atoms. The molecule has 1 aromatic heterocycles. The van der Waals surface area contributed by atoms with Crippen molar-refractivity contribution in [3.8, 4) is 0 Å². The molecule has 0 radical (unpaired) electrons. The van der Waals surface area contributed by atoms with Crippen LogP contribution in [0.2, 0.25) is 5.02 Å². The van der Waals surface area contributed by atoms with Crippen molar-refractivity contribution in [3.63, 3.8) is 0 Å². The number of carboxylic acid groups (broad SMARTS) is 1. The fourth-order valence-corrected chi connectivity index (χ4v) is 1.78. The zero-order chi connectivity index (χ0) is 14.0. The Balaban J connectivity index is 2.09. The highest BCUT2D eigenvalue weighted by molar-refractivity contribution is 6.31. The Morgan fingerprint density at radius 1 is 1.47 bits per heavy atom. The minimum absolute atomic E-state index is 0.0279. The first-order chi connectivity index (χ1) is 8.97. The molecule has 2 N–H and O–H groups in total. The molecule has 0 saturated heterocycles. The number of anilines is 1. The number of aromatic carboxylic acids is 1. The number of hydrogen-bond donors (Lipinski definition) is 2. The second kappa shape index (κ2) is 5.32. The summed E-state index contributed by atoms with van der Waals surface area (Å²) in [5.74, 6) is -1.18. The van der Waals surface area contributed by atoms with E-state index in [1.54, 1.807) is 13.0 Å². The van der Waals surface area contributed by atoms with Gasteiger partial charge in [-0.05, 0) is 31.2 Å². The minimum atomic E-state index is -1.11. The van der Waals surface area contributed by atoms with Crippen molar-refractivity contribution in [2.75, 3.05) is 5.32 Å². The first-order valence-corrected chi connectivity index (χ1v) is 5.86. The topological polar surface area (TPSA) is 62.5 Å². The van der Waals surface area contributed by atoms with E-state index in [-0.39, 0.29) is 10.8 Å². The number of rotatable bonds is 4. The van der Waals surface area contributed by atoms with Crippen molar-refractivity contribution < 1.29 is 18.7 Å². The van der Waals surface area contributed by atoms with Crippen LogP contribution in [0, 0.1) is 12.7 Å². The highest BCUT2D eigenvalue weighted by atomic mass is 35.5. The lowest BCUT2D eigenvalue weighted by Gasteiger charge is -2.06. The Kier molecular flexibility index (Phi) is 3.76. The Labute approximate surface area is 113 Å². The Morgan fingerprint density at radius 2 is 2.21 bits per heavy atom. The fraction of sp³-hybridized carbons (Fsp3) is 0.154. The van der Waals surface area contributed by atoms with E-state index in [1.165, 1.54) is 18.2 Å². The van der Waals surface area contributed by atoms with Crippen molar-refractivity contribution in [2.24, 2.45) is 0 Å². The van der Waals surface area contributed by atoms with Gasteiger partial charge in [-0.1, -0.05) is 11.6 Å². The van der Waals surface area contributed by atoms with Gasteiger partial charge in [0.05, 0.1) is 5.02 Å². The third-order valence-electron chi connectivity index (χ3n) is 2.63. The predicted molar refractivity (Wildman–Crippen MR) is 69.1 cm³/mol. The van der Waals surface area contributed by atoms with Gasteiger partial charge in [0.1, 0.15) is 11.6 Å². The molecule has 1 heterocycles. The van der Waals surface area contributed by atoms with Crippen LogP contribution in [0.1, 0.15) is 21.9 Å². The van der Waals surface area contributed by atoms with Gasteiger partial charge in [-0.15, -0.1) is 0 Å². The third kappa shape index (κ3) is 3.06. The van der Waals surface area contributed by atoms with Crippen LogP contribution in [0.4, 0.5) is 10.1 Å². The maximum absolute atomic E-state index is 13.0. The summed E-state index contributed by atoms with van der Waals surface area (Å²) in [4.78, 5) is 10.7. The first-order valence-electron chi connectivity index (χ1n) is 5.49. The molecule has 0 spiro atoms. The number of halogens is 2. The highest BCUT2D eigenvalue weighted by Gasteiger charge is 2.12. The summed E-state index contributed by atoms with van der Waals surface area (Å²) in [6, 6.07) is 5.73. The predicted octanol–water partition coefficient (Wildman–Crippen LogP) is 3.69. The van der Waals surface area contributed by atoms with Crippen LogP contribution in [0.15, 0.2) is 28.7 Å². The van der Waals surface area contributed by atoms with Gasteiger partial charge in [-0.3, -0.25) is 0 Å². The van der Waals surface area contributed by atoms with Crippen molar-refractivity contribution in [2.45, 2.75) is 13.5 Å². The number of furan rings is 1. The standard InChI is InChI=1S/C13H11ClFNO3/c1-7-8(4-12(19-7)13(17)18)6-16-9-2-3-11(15)10(14)5-9/h2-5,16H,6H2,1H3,(H,17,18). The molecule has 0 atom stereocenters. The van der Waals surface area contributed by atoms with Crippen molar-refractivity contribution >= 4 is 23.3 Å². The zero-order valence-electron chi connectivity index (χ0n) is 10.0. The number of benzene rings is 1. The maximum Gasteiger partial charge on any atom is 0.371 e.